The van der Waals surface area contributed by atoms with Crippen LogP contribution in [-0.4, -0.2) is 53.4 Å². The summed E-state index contributed by atoms with van der Waals surface area (Å²) >= 11 is 0. The van der Waals surface area contributed by atoms with E-state index in [1.165, 1.54) is 0 Å². The third kappa shape index (κ3) is 10.2. The monoisotopic (exact) mass is 377 g/mol. The molecular weight excluding hydrogens is 346 g/mol. The summed E-state index contributed by atoms with van der Waals surface area (Å²) in [6.45, 7) is 12.1. The van der Waals surface area contributed by atoms with E-state index < -0.39 is 27.0 Å². The van der Waals surface area contributed by atoms with Crippen LogP contribution in [0.3, 0.4) is 0 Å². The van der Waals surface area contributed by atoms with Crippen molar-refractivity contribution in [3.05, 3.63) is 12.2 Å². The Labute approximate surface area is 151 Å². The van der Waals surface area contributed by atoms with Crippen LogP contribution in [0.2, 0.25) is 6.04 Å². The molecule has 0 radical (unpaired) electrons. The highest BCUT2D eigenvalue weighted by Gasteiger charge is 2.40. The Morgan fingerprint density at radius 1 is 1.08 bits per heavy atom. The van der Waals surface area contributed by atoms with E-state index in [9.17, 15) is 9.59 Å². The molecule has 0 aliphatic heterocycles. The molecule has 2 N–H and O–H groups in total. The Bertz CT molecular complexity index is 414. The number of primary amides is 1. The Morgan fingerprint density at radius 3 is 2.00 bits per heavy atom. The highest BCUT2D eigenvalue weighted by atomic mass is 28.4. The smallest absolute Gasteiger partial charge is 0.455 e. The third-order valence-corrected chi connectivity index (χ3v) is 6.29. The Hall–Kier alpha value is -1.42. The van der Waals surface area contributed by atoms with E-state index in [1.54, 1.807) is 6.92 Å². The molecule has 0 aromatic carbocycles. The second-order valence-electron chi connectivity index (χ2n) is 5.31. The van der Waals surface area contributed by atoms with Gasteiger partial charge in [-0.15, -0.1) is 0 Å². The summed E-state index contributed by atoms with van der Waals surface area (Å²) in [4.78, 5) is 22.5. The van der Waals surface area contributed by atoms with Crippen molar-refractivity contribution in [2.75, 3.05) is 26.4 Å². The molecule has 25 heavy (non-hydrogen) atoms. The minimum atomic E-state index is -2.76. The number of rotatable bonds is 14. The van der Waals surface area contributed by atoms with Crippen molar-refractivity contribution in [2.24, 2.45) is 5.73 Å². The van der Waals surface area contributed by atoms with Crippen molar-refractivity contribution in [1.82, 2.24) is 0 Å². The van der Waals surface area contributed by atoms with Crippen molar-refractivity contribution in [1.29, 1.82) is 0 Å². The van der Waals surface area contributed by atoms with Crippen LogP contribution in [0.4, 0.5) is 4.79 Å². The lowest BCUT2D eigenvalue weighted by Crippen LogP contribution is -2.46. The summed E-state index contributed by atoms with van der Waals surface area (Å²) < 4.78 is 27.4. The number of hydrogen-bond donors (Lipinski definition) is 1. The number of carbonyl (C=O) groups is 2. The maximum Gasteiger partial charge on any atom is 0.500 e. The predicted molar refractivity (Wildman–Crippen MR) is 94.9 cm³/mol. The van der Waals surface area contributed by atoms with Crippen LogP contribution in [0.5, 0.6) is 0 Å². The quantitative estimate of drug-likeness (QED) is 0.281. The number of nitrogens with two attached hydrogens (primary N) is 1. The Morgan fingerprint density at radius 2 is 1.60 bits per heavy atom. The maximum atomic E-state index is 11.7. The zero-order chi connectivity index (χ0) is 19.3. The van der Waals surface area contributed by atoms with Crippen LogP contribution >= 0.6 is 0 Å². The van der Waals surface area contributed by atoms with Gasteiger partial charge in [-0.1, -0.05) is 6.58 Å². The number of carbonyl (C=O) groups excluding carboxylic acids is 2. The second kappa shape index (κ2) is 12.9. The summed E-state index contributed by atoms with van der Waals surface area (Å²) in [5, 5.41) is 0. The first-order chi connectivity index (χ1) is 11.8. The molecule has 0 heterocycles. The minimum Gasteiger partial charge on any atom is -0.455 e. The molecule has 0 aromatic rings. The lowest BCUT2D eigenvalue weighted by molar-refractivity contribution is -0.146. The molecule has 1 amide bonds. The summed E-state index contributed by atoms with van der Waals surface area (Å²) in [6, 6.07) is 0.570. The van der Waals surface area contributed by atoms with Crippen molar-refractivity contribution in [2.45, 2.75) is 52.7 Å². The number of amides is 1. The molecule has 1 atom stereocenters. The van der Waals surface area contributed by atoms with E-state index in [2.05, 4.69) is 6.58 Å². The molecule has 0 fully saturated rings. The fourth-order valence-electron chi connectivity index (χ4n) is 2.15. The number of ether oxygens (including phenoxy) is 2. The first kappa shape index (κ1) is 23.6. The molecule has 0 bridgehead atoms. The molecule has 0 saturated heterocycles. The number of hydrogen-bond acceptors (Lipinski definition) is 7. The van der Waals surface area contributed by atoms with Gasteiger partial charge in [-0.25, -0.2) is 9.59 Å². The van der Waals surface area contributed by atoms with Crippen molar-refractivity contribution >= 4 is 20.9 Å². The lowest BCUT2D eigenvalue weighted by Gasteiger charge is -2.29. The van der Waals surface area contributed by atoms with E-state index in [-0.39, 0.29) is 12.2 Å². The van der Waals surface area contributed by atoms with E-state index in [0.717, 1.165) is 0 Å². The molecule has 9 heteroatoms. The maximum absolute atomic E-state index is 11.7. The fraction of sp³-hybridized carbons (Fsp3) is 0.750. The number of esters is 1. The summed E-state index contributed by atoms with van der Waals surface area (Å²) in [5.74, 6) is -0.541. The molecule has 0 spiro atoms. The van der Waals surface area contributed by atoms with E-state index in [0.29, 0.717) is 38.7 Å². The second-order valence-corrected chi connectivity index (χ2v) is 8.04. The zero-order valence-corrected chi connectivity index (χ0v) is 16.7. The van der Waals surface area contributed by atoms with Gasteiger partial charge in [-0.2, -0.15) is 0 Å². The van der Waals surface area contributed by atoms with Gasteiger partial charge in [-0.3, -0.25) is 0 Å². The van der Waals surface area contributed by atoms with E-state index >= 15 is 0 Å². The largest absolute Gasteiger partial charge is 0.500 e. The molecule has 146 valence electrons. The van der Waals surface area contributed by atoms with Crippen LogP contribution in [0.25, 0.3) is 0 Å². The molecule has 0 rings (SSSR count). The zero-order valence-electron chi connectivity index (χ0n) is 15.7. The van der Waals surface area contributed by atoms with Crippen LogP contribution in [0.15, 0.2) is 12.2 Å². The van der Waals surface area contributed by atoms with Gasteiger partial charge in [0.1, 0.15) is 12.7 Å². The minimum absolute atomic E-state index is 0.110. The molecular formula is C16H31NO7Si. The molecule has 0 aliphatic carbocycles. The summed E-state index contributed by atoms with van der Waals surface area (Å²) in [7, 11) is -2.76. The van der Waals surface area contributed by atoms with Crippen LogP contribution < -0.4 is 5.73 Å². The summed E-state index contributed by atoms with van der Waals surface area (Å²) in [5.41, 5.74) is 5.24. The first-order valence-corrected chi connectivity index (χ1v) is 10.4. The van der Waals surface area contributed by atoms with Crippen molar-refractivity contribution in [3.8, 4) is 0 Å². The first-order valence-electron chi connectivity index (χ1n) is 8.50. The van der Waals surface area contributed by atoms with Gasteiger partial charge in [0.15, 0.2) is 0 Å². The summed E-state index contributed by atoms with van der Waals surface area (Å²) in [6.07, 6.45) is -0.470. The van der Waals surface area contributed by atoms with Gasteiger partial charge in [0.25, 0.3) is 0 Å². The molecule has 8 nitrogen and oxygen atoms in total. The third-order valence-electron chi connectivity index (χ3n) is 3.14. The van der Waals surface area contributed by atoms with Crippen LogP contribution in [0, 0.1) is 0 Å². The van der Waals surface area contributed by atoms with Gasteiger partial charge in [0.2, 0.25) is 0 Å². The normalized spacial score (nSPS) is 12.5. The standard InChI is InChI=1S/C16H31NO7Si/c1-6-21-25(22-7-2,23-8-3)11-9-10-14(12-20-16(17)19)24-15(18)13(4)5/h14H,4,6-12H2,1-3,5H3,(H2,17,19). The predicted octanol–water partition coefficient (Wildman–Crippen LogP) is 2.40. The average Bonchev–Trinajstić information content (AvgIpc) is 2.52. The van der Waals surface area contributed by atoms with Crippen molar-refractivity contribution < 1.29 is 32.3 Å². The molecule has 0 saturated carbocycles. The van der Waals surface area contributed by atoms with Crippen LogP contribution in [0.1, 0.15) is 40.5 Å². The topological polar surface area (TPSA) is 106 Å². The fourth-order valence-corrected chi connectivity index (χ4v) is 4.79. The van der Waals surface area contributed by atoms with Gasteiger partial charge >= 0.3 is 20.9 Å². The van der Waals surface area contributed by atoms with Crippen LogP contribution in [-0.2, 0) is 27.5 Å². The van der Waals surface area contributed by atoms with Gasteiger partial charge in [0, 0.05) is 31.4 Å². The van der Waals surface area contributed by atoms with E-state index in [1.807, 2.05) is 20.8 Å². The van der Waals surface area contributed by atoms with Gasteiger partial charge in [-0.05, 0) is 40.5 Å². The van der Waals surface area contributed by atoms with Gasteiger partial charge < -0.3 is 28.5 Å². The van der Waals surface area contributed by atoms with Crippen molar-refractivity contribution in [3.63, 3.8) is 0 Å². The Balaban J connectivity index is 4.77. The average molecular weight is 378 g/mol. The SMILES string of the molecule is C=C(C)C(=O)OC(CCC[Si](OCC)(OCC)OCC)COC(N)=O. The molecule has 0 aromatic heterocycles. The Kier molecular flexibility index (Phi) is 12.1. The van der Waals surface area contributed by atoms with E-state index in [4.69, 9.17) is 28.5 Å². The lowest BCUT2D eigenvalue weighted by atomic mass is 10.2. The highest BCUT2D eigenvalue weighted by Crippen LogP contribution is 2.21. The highest BCUT2D eigenvalue weighted by molar-refractivity contribution is 6.60. The molecule has 1 unspecified atom stereocenters. The van der Waals surface area contributed by atoms with Gasteiger partial charge in [0.05, 0.1) is 0 Å². The molecule has 0 aliphatic rings.